The number of benzene rings is 1. The summed E-state index contributed by atoms with van der Waals surface area (Å²) < 4.78 is 10.1. The topological polar surface area (TPSA) is 74.4 Å². The number of nitrogens with two attached hydrogens (primary N) is 1. The molecule has 6 heteroatoms. The fourth-order valence-electron chi connectivity index (χ4n) is 1.23. The van der Waals surface area contributed by atoms with Crippen molar-refractivity contribution in [2.75, 3.05) is 12.8 Å². The van der Waals surface area contributed by atoms with Crippen molar-refractivity contribution < 1.29 is 14.3 Å². The van der Waals surface area contributed by atoms with Gasteiger partial charge in [0.25, 0.3) is 0 Å². The minimum Gasteiger partial charge on any atom is -0.497 e. The number of ether oxygens (including phenoxy) is 2. The van der Waals surface area contributed by atoms with Crippen molar-refractivity contribution in [1.82, 2.24) is 4.98 Å². The summed E-state index contributed by atoms with van der Waals surface area (Å²) in [6.45, 7) is 0. The van der Waals surface area contributed by atoms with E-state index in [1.165, 1.54) is 16.8 Å². The molecule has 0 bridgehead atoms. The molecule has 88 valence electrons. The summed E-state index contributed by atoms with van der Waals surface area (Å²) in [7, 11) is 1.54. The van der Waals surface area contributed by atoms with Crippen molar-refractivity contribution >= 4 is 22.3 Å². The lowest BCUT2D eigenvalue weighted by Gasteiger charge is -2.04. The van der Waals surface area contributed by atoms with Crippen LogP contribution in [0.25, 0.3) is 0 Å². The zero-order valence-electron chi connectivity index (χ0n) is 9.04. The molecule has 0 saturated carbocycles. The van der Waals surface area contributed by atoms with Crippen LogP contribution in [0.4, 0.5) is 5.00 Å². The number of anilines is 1. The Labute approximate surface area is 102 Å². The lowest BCUT2D eigenvalue weighted by molar-refractivity contribution is 0.0730. The van der Waals surface area contributed by atoms with Gasteiger partial charge in [0.2, 0.25) is 0 Å². The van der Waals surface area contributed by atoms with Crippen molar-refractivity contribution in [1.29, 1.82) is 0 Å². The van der Waals surface area contributed by atoms with Gasteiger partial charge >= 0.3 is 5.97 Å². The Morgan fingerprint density at radius 1 is 1.41 bits per heavy atom. The molecule has 0 aliphatic rings. The Kier molecular flexibility index (Phi) is 3.24. The Morgan fingerprint density at radius 2 is 2.18 bits per heavy atom. The second-order valence-electron chi connectivity index (χ2n) is 3.13. The van der Waals surface area contributed by atoms with Gasteiger partial charge in [0.05, 0.1) is 12.6 Å². The van der Waals surface area contributed by atoms with Crippen LogP contribution < -0.4 is 15.2 Å². The summed E-state index contributed by atoms with van der Waals surface area (Å²) in [6.07, 6.45) is 0. The molecule has 0 unspecified atom stereocenters. The molecule has 0 saturated heterocycles. The second kappa shape index (κ2) is 4.84. The van der Waals surface area contributed by atoms with E-state index < -0.39 is 5.97 Å². The number of rotatable bonds is 3. The number of carbonyl (C=O) groups is 1. The predicted molar refractivity (Wildman–Crippen MR) is 64.5 cm³/mol. The van der Waals surface area contributed by atoms with E-state index in [0.29, 0.717) is 16.5 Å². The van der Waals surface area contributed by atoms with Crippen LogP contribution in [0, 0.1) is 0 Å². The van der Waals surface area contributed by atoms with E-state index in [1.807, 2.05) is 0 Å². The third-order valence-electron chi connectivity index (χ3n) is 2.04. The third-order valence-corrected chi connectivity index (χ3v) is 2.70. The lowest BCUT2D eigenvalue weighted by Crippen LogP contribution is -2.10. The number of aromatic nitrogens is 1. The van der Waals surface area contributed by atoms with E-state index in [4.69, 9.17) is 15.2 Å². The number of esters is 1. The van der Waals surface area contributed by atoms with Crippen LogP contribution in [-0.2, 0) is 0 Å². The number of hydrogen-bond acceptors (Lipinski definition) is 6. The summed E-state index contributed by atoms with van der Waals surface area (Å²) in [5, 5.41) is 0.345. The van der Waals surface area contributed by atoms with Crippen molar-refractivity contribution in [3.8, 4) is 11.5 Å². The lowest BCUT2D eigenvalue weighted by atomic mass is 10.3. The average Bonchev–Trinajstić information content (AvgIpc) is 2.76. The summed E-state index contributed by atoms with van der Waals surface area (Å²) in [4.78, 5) is 15.5. The van der Waals surface area contributed by atoms with E-state index in [9.17, 15) is 4.79 Å². The highest BCUT2D eigenvalue weighted by molar-refractivity contribution is 7.14. The number of nitrogen functional groups attached to an aromatic ring is 1. The zero-order valence-corrected chi connectivity index (χ0v) is 9.86. The highest BCUT2D eigenvalue weighted by Gasteiger charge is 2.15. The van der Waals surface area contributed by atoms with Gasteiger partial charge in [0.15, 0.2) is 5.69 Å². The van der Waals surface area contributed by atoms with Gasteiger partial charge in [-0.05, 0) is 12.1 Å². The monoisotopic (exact) mass is 250 g/mol. The van der Waals surface area contributed by atoms with Gasteiger partial charge in [-0.2, -0.15) is 0 Å². The Bertz CT molecular complexity index is 539. The standard InChI is InChI=1S/C11H10N2O3S/c1-15-7-3-2-4-8(5-7)16-11(14)9-10(12)17-6-13-9/h2-6H,12H2,1H3. The van der Waals surface area contributed by atoms with Gasteiger partial charge in [0.1, 0.15) is 16.5 Å². The van der Waals surface area contributed by atoms with E-state index in [2.05, 4.69) is 4.98 Å². The molecule has 0 radical (unpaired) electrons. The molecule has 2 aromatic rings. The molecule has 1 aromatic carbocycles. The van der Waals surface area contributed by atoms with Crippen molar-refractivity contribution in [2.45, 2.75) is 0 Å². The second-order valence-corrected chi connectivity index (χ2v) is 4.02. The maximum Gasteiger partial charge on any atom is 0.365 e. The molecule has 0 fully saturated rings. The molecule has 2 N–H and O–H groups in total. The molecule has 0 aliphatic carbocycles. The zero-order chi connectivity index (χ0) is 12.3. The first-order valence-corrected chi connectivity index (χ1v) is 5.64. The predicted octanol–water partition coefficient (Wildman–Crippen LogP) is 1.95. The van der Waals surface area contributed by atoms with Crippen LogP contribution in [-0.4, -0.2) is 18.1 Å². The molecule has 2 rings (SSSR count). The van der Waals surface area contributed by atoms with Gasteiger partial charge in [-0.25, -0.2) is 9.78 Å². The number of methoxy groups -OCH3 is 1. The largest absolute Gasteiger partial charge is 0.497 e. The minimum atomic E-state index is -0.572. The molecule has 0 spiro atoms. The van der Waals surface area contributed by atoms with Crippen molar-refractivity contribution in [2.24, 2.45) is 0 Å². The van der Waals surface area contributed by atoms with Crippen LogP contribution in [0.5, 0.6) is 11.5 Å². The van der Waals surface area contributed by atoms with E-state index >= 15 is 0 Å². The first-order valence-electron chi connectivity index (χ1n) is 4.76. The molecule has 0 atom stereocenters. The van der Waals surface area contributed by atoms with Gasteiger partial charge in [-0.15, -0.1) is 11.3 Å². The van der Waals surface area contributed by atoms with Crippen molar-refractivity contribution in [3.05, 3.63) is 35.5 Å². The van der Waals surface area contributed by atoms with Gasteiger partial charge in [-0.3, -0.25) is 0 Å². The van der Waals surface area contributed by atoms with Gasteiger partial charge in [0, 0.05) is 6.07 Å². The van der Waals surface area contributed by atoms with Crippen LogP contribution in [0.3, 0.4) is 0 Å². The maximum atomic E-state index is 11.7. The van der Waals surface area contributed by atoms with Crippen LogP contribution in [0.1, 0.15) is 10.5 Å². The number of hydrogen-bond donors (Lipinski definition) is 1. The Morgan fingerprint density at radius 3 is 2.82 bits per heavy atom. The number of nitrogens with zero attached hydrogens (tertiary/aromatic N) is 1. The third kappa shape index (κ3) is 2.54. The summed E-state index contributed by atoms with van der Waals surface area (Å²) in [5.41, 5.74) is 7.22. The first kappa shape index (κ1) is 11.4. The molecule has 17 heavy (non-hydrogen) atoms. The SMILES string of the molecule is COc1cccc(OC(=O)c2ncsc2N)c1. The van der Waals surface area contributed by atoms with E-state index in [1.54, 1.807) is 31.4 Å². The molecular formula is C11H10N2O3S. The summed E-state index contributed by atoms with van der Waals surface area (Å²) >= 11 is 1.19. The first-order chi connectivity index (χ1) is 8.20. The summed E-state index contributed by atoms with van der Waals surface area (Å²) in [5.74, 6) is 0.431. The minimum absolute atomic E-state index is 0.137. The van der Waals surface area contributed by atoms with Gasteiger partial charge in [-0.1, -0.05) is 6.07 Å². The normalized spacial score (nSPS) is 9.94. The van der Waals surface area contributed by atoms with E-state index in [0.717, 1.165) is 0 Å². The molecule has 0 aliphatic heterocycles. The quantitative estimate of drug-likeness (QED) is 0.665. The molecule has 1 aromatic heterocycles. The molecule has 0 amide bonds. The molecular weight excluding hydrogens is 240 g/mol. The van der Waals surface area contributed by atoms with Crippen molar-refractivity contribution in [3.63, 3.8) is 0 Å². The maximum absolute atomic E-state index is 11.7. The molecule has 5 nitrogen and oxygen atoms in total. The van der Waals surface area contributed by atoms with Gasteiger partial charge < -0.3 is 15.2 Å². The number of carbonyl (C=O) groups excluding carboxylic acids is 1. The van der Waals surface area contributed by atoms with Crippen LogP contribution in [0.2, 0.25) is 0 Å². The number of thiazole rings is 1. The Balaban J connectivity index is 2.16. The highest BCUT2D eigenvalue weighted by atomic mass is 32.1. The van der Waals surface area contributed by atoms with Crippen LogP contribution >= 0.6 is 11.3 Å². The smallest absolute Gasteiger partial charge is 0.365 e. The van der Waals surface area contributed by atoms with E-state index in [-0.39, 0.29) is 5.69 Å². The fraction of sp³-hybridized carbons (Fsp3) is 0.0909. The van der Waals surface area contributed by atoms with Crippen LogP contribution in [0.15, 0.2) is 29.8 Å². The highest BCUT2D eigenvalue weighted by Crippen LogP contribution is 2.22. The fourth-order valence-corrected chi connectivity index (χ4v) is 1.75. The Hall–Kier alpha value is -2.08. The summed E-state index contributed by atoms with van der Waals surface area (Å²) in [6, 6.07) is 6.75. The molecule has 1 heterocycles. The average molecular weight is 250 g/mol.